The van der Waals surface area contributed by atoms with E-state index in [0.717, 1.165) is 17.8 Å². The average molecular weight is 241 g/mol. The number of carbonyl (C=O) groups excluding carboxylic acids is 1. The van der Waals surface area contributed by atoms with Gasteiger partial charge in [0.2, 0.25) is 5.91 Å². The highest BCUT2D eigenvalue weighted by Crippen LogP contribution is 2.26. The maximum atomic E-state index is 11.2. The van der Waals surface area contributed by atoms with E-state index in [0.29, 0.717) is 12.3 Å². The van der Waals surface area contributed by atoms with Gasteiger partial charge in [-0.3, -0.25) is 4.79 Å². The molecule has 0 saturated carbocycles. The highest BCUT2D eigenvalue weighted by atomic mass is 16.1. The molecule has 0 bridgehead atoms. The van der Waals surface area contributed by atoms with Crippen LogP contribution in [0.5, 0.6) is 0 Å². The lowest BCUT2D eigenvalue weighted by Crippen LogP contribution is -2.13. The number of carbonyl (C=O) groups is 1. The monoisotopic (exact) mass is 241 g/mol. The molecule has 0 spiro atoms. The van der Waals surface area contributed by atoms with Gasteiger partial charge in [0.15, 0.2) is 0 Å². The maximum absolute atomic E-state index is 11.2. The molecule has 1 saturated heterocycles. The molecule has 1 unspecified atom stereocenters. The number of amides is 1. The number of nitrogens with one attached hydrogen (secondary N) is 1. The fourth-order valence-corrected chi connectivity index (χ4v) is 2.40. The van der Waals surface area contributed by atoms with Crippen LogP contribution in [0.15, 0.2) is 36.8 Å². The van der Waals surface area contributed by atoms with Gasteiger partial charge < -0.3 is 9.88 Å². The molecule has 4 heteroatoms. The summed E-state index contributed by atoms with van der Waals surface area (Å²) in [5, 5.41) is 2.87. The van der Waals surface area contributed by atoms with Crippen molar-refractivity contribution in [2.45, 2.75) is 12.3 Å². The van der Waals surface area contributed by atoms with Gasteiger partial charge in [-0.25, -0.2) is 4.98 Å². The second-order valence-corrected chi connectivity index (χ2v) is 4.72. The molecule has 1 aromatic carbocycles. The van der Waals surface area contributed by atoms with E-state index in [2.05, 4.69) is 34.6 Å². The molecule has 0 aliphatic carbocycles. The fraction of sp³-hybridized carbons (Fsp3) is 0.286. The molecule has 2 aromatic rings. The van der Waals surface area contributed by atoms with Gasteiger partial charge >= 0.3 is 0 Å². The summed E-state index contributed by atoms with van der Waals surface area (Å²) in [4.78, 5) is 15.3. The first-order valence-corrected chi connectivity index (χ1v) is 6.07. The fourth-order valence-electron chi connectivity index (χ4n) is 2.40. The summed E-state index contributed by atoms with van der Waals surface area (Å²) < 4.78 is 2.00. The van der Waals surface area contributed by atoms with Crippen molar-refractivity contribution >= 4 is 5.91 Å². The number of hydrogen-bond donors (Lipinski definition) is 1. The zero-order chi connectivity index (χ0) is 12.5. The van der Waals surface area contributed by atoms with Crippen LogP contribution in [0, 0.1) is 0 Å². The summed E-state index contributed by atoms with van der Waals surface area (Å²) in [6.45, 7) is 0.754. The Morgan fingerprint density at radius 2 is 2.11 bits per heavy atom. The summed E-state index contributed by atoms with van der Waals surface area (Å²) in [7, 11) is 1.98. The number of nitrogens with zero attached hydrogens (tertiary/aromatic N) is 2. The van der Waals surface area contributed by atoms with Crippen LogP contribution in [0.4, 0.5) is 0 Å². The lowest BCUT2D eigenvalue weighted by molar-refractivity contribution is -0.119. The smallest absolute Gasteiger partial charge is 0.220 e. The number of hydrogen-bond acceptors (Lipinski definition) is 2. The lowest BCUT2D eigenvalue weighted by Gasteiger charge is -2.09. The molecule has 2 heterocycles. The first kappa shape index (κ1) is 11.0. The first-order valence-electron chi connectivity index (χ1n) is 6.07. The van der Waals surface area contributed by atoms with Crippen LogP contribution < -0.4 is 5.32 Å². The Hall–Kier alpha value is -2.10. The predicted octanol–water partition coefficient (Wildman–Crippen LogP) is 1.69. The van der Waals surface area contributed by atoms with Crippen LogP contribution in [0.25, 0.3) is 11.3 Å². The summed E-state index contributed by atoms with van der Waals surface area (Å²) in [6.07, 6.45) is 4.25. The molecule has 92 valence electrons. The average Bonchev–Trinajstić information content (AvgIpc) is 2.98. The molecule has 1 aliphatic rings. The summed E-state index contributed by atoms with van der Waals surface area (Å²) in [5.41, 5.74) is 3.47. The normalized spacial score (nSPS) is 18.9. The van der Waals surface area contributed by atoms with E-state index in [1.54, 1.807) is 6.33 Å². The molecule has 1 atom stereocenters. The van der Waals surface area contributed by atoms with Crippen LogP contribution in [0.1, 0.15) is 17.9 Å². The molecule has 1 fully saturated rings. The van der Waals surface area contributed by atoms with Gasteiger partial charge in [0.05, 0.1) is 18.2 Å². The van der Waals surface area contributed by atoms with Crippen molar-refractivity contribution in [1.82, 2.24) is 14.9 Å². The van der Waals surface area contributed by atoms with Crippen molar-refractivity contribution < 1.29 is 4.79 Å². The summed E-state index contributed by atoms with van der Waals surface area (Å²) in [6, 6.07) is 8.39. The first-order chi connectivity index (χ1) is 8.74. The van der Waals surface area contributed by atoms with Crippen molar-refractivity contribution in [3.63, 3.8) is 0 Å². The molecule has 1 aromatic heterocycles. The highest BCUT2D eigenvalue weighted by Gasteiger charge is 2.22. The third-order valence-electron chi connectivity index (χ3n) is 3.47. The highest BCUT2D eigenvalue weighted by molar-refractivity contribution is 5.79. The number of aryl methyl sites for hydroxylation is 1. The molecular weight excluding hydrogens is 226 g/mol. The quantitative estimate of drug-likeness (QED) is 0.869. The molecule has 3 rings (SSSR count). The van der Waals surface area contributed by atoms with Crippen molar-refractivity contribution in [1.29, 1.82) is 0 Å². The van der Waals surface area contributed by atoms with E-state index in [9.17, 15) is 4.79 Å². The van der Waals surface area contributed by atoms with Gasteiger partial charge in [-0.05, 0) is 11.1 Å². The van der Waals surface area contributed by atoms with Crippen LogP contribution in [-0.4, -0.2) is 22.0 Å². The number of aromatic nitrogens is 2. The van der Waals surface area contributed by atoms with Crippen molar-refractivity contribution in [2.75, 3.05) is 6.54 Å². The van der Waals surface area contributed by atoms with E-state index in [1.807, 2.05) is 17.8 Å². The Bertz CT molecular complexity index is 571. The Morgan fingerprint density at radius 3 is 2.67 bits per heavy atom. The zero-order valence-electron chi connectivity index (χ0n) is 10.3. The van der Waals surface area contributed by atoms with E-state index >= 15 is 0 Å². The van der Waals surface area contributed by atoms with Crippen LogP contribution in [0.3, 0.4) is 0 Å². The minimum absolute atomic E-state index is 0.149. The van der Waals surface area contributed by atoms with E-state index < -0.39 is 0 Å². The van der Waals surface area contributed by atoms with Crippen molar-refractivity contribution in [3.8, 4) is 11.3 Å². The Labute approximate surface area is 106 Å². The Kier molecular flexibility index (Phi) is 2.63. The summed E-state index contributed by atoms with van der Waals surface area (Å²) >= 11 is 0. The molecule has 0 radical (unpaired) electrons. The van der Waals surface area contributed by atoms with Gasteiger partial charge in [-0.15, -0.1) is 0 Å². The minimum atomic E-state index is 0.149. The van der Waals surface area contributed by atoms with Crippen molar-refractivity contribution in [2.24, 2.45) is 7.05 Å². The maximum Gasteiger partial charge on any atom is 0.220 e. The molecule has 18 heavy (non-hydrogen) atoms. The van der Waals surface area contributed by atoms with Crippen molar-refractivity contribution in [3.05, 3.63) is 42.4 Å². The lowest BCUT2D eigenvalue weighted by atomic mass is 9.97. The largest absolute Gasteiger partial charge is 0.355 e. The molecular formula is C14H15N3O. The van der Waals surface area contributed by atoms with Gasteiger partial charge in [0.1, 0.15) is 0 Å². The second kappa shape index (κ2) is 4.29. The topological polar surface area (TPSA) is 46.9 Å². The van der Waals surface area contributed by atoms with Crippen LogP contribution in [0.2, 0.25) is 0 Å². The third kappa shape index (κ3) is 1.90. The standard InChI is InChI=1S/C14H15N3O/c1-17-9-15-8-13(17)11-4-2-10(3-5-11)12-6-14(18)16-7-12/h2-5,8-9,12H,6-7H2,1H3,(H,16,18). The van der Waals surface area contributed by atoms with E-state index in [4.69, 9.17) is 0 Å². The van der Waals surface area contributed by atoms with Crippen LogP contribution >= 0.6 is 0 Å². The van der Waals surface area contributed by atoms with Crippen LogP contribution in [-0.2, 0) is 11.8 Å². The predicted molar refractivity (Wildman–Crippen MR) is 69.0 cm³/mol. The van der Waals surface area contributed by atoms with Gasteiger partial charge in [-0.1, -0.05) is 24.3 Å². The van der Waals surface area contributed by atoms with Gasteiger partial charge in [-0.2, -0.15) is 0 Å². The van der Waals surface area contributed by atoms with Gasteiger partial charge in [0.25, 0.3) is 0 Å². The Morgan fingerprint density at radius 1 is 1.33 bits per heavy atom. The molecule has 1 amide bonds. The zero-order valence-corrected chi connectivity index (χ0v) is 10.3. The number of imidazole rings is 1. The van der Waals surface area contributed by atoms with E-state index in [1.165, 1.54) is 5.56 Å². The summed E-state index contributed by atoms with van der Waals surface area (Å²) in [5.74, 6) is 0.466. The number of benzene rings is 1. The second-order valence-electron chi connectivity index (χ2n) is 4.72. The molecule has 1 N–H and O–H groups in total. The minimum Gasteiger partial charge on any atom is -0.355 e. The van der Waals surface area contributed by atoms with Gasteiger partial charge in [0, 0.05) is 25.9 Å². The number of rotatable bonds is 2. The van der Waals surface area contributed by atoms with E-state index in [-0.39, 0.29) is 5.91 Å². The third-order valence-corrected chi connectivity index (χ3v) is 3.47. The SMILES string of the molecule is Cn1cncc1-c1ccc(C2CNC(=O)C2)cc1. The Balaban J connectivity index is 1.85. The molecule has 4 nitrogen and oxygen atoms in total. The molecule has 1 aliphatic heterocycles.